The number of ether oxygens (including phenoxy) is 2. The Morgan fingerprint density at radius 3 is 2.60 bits per heavy atom. The van der Waals surface area contributed by atoms with E-state index in [4.69, 9.17) is 9.47 Å². The van der Waals surface area contributed by atoms with Crippen molar-refractivity contribution in [3.63, 3.8) is 0 Å². The highest BCUT2D eigenvalue weighted by atomic mass is 16.5. The predicted molar refractivity (Wildman–Crippen MR) is 82.8 cm³/mol. The SMILES string of the molecule is COc1ccc(OC)c(NC2CC(C)N(C)CC2C)c1. The number of anilines is 1. The summed E-state index contributed by atoms with van der Waals surface area (Å²) in [5.74, 6) is 2.32. The standard InChI is InChI=1S/C16H26N2O2/c1-11-10-18(3)12(2)8-14(11)17-15-9-13(19-4)6-7-16(15)20-5/h6-7,9,11-12,14,17H,8,10H2,1-5H3. The van der Waals surface area contributed by atoms with Crippen LogP contribution in [0.25, 0.3) is 0 Å². The number of nitrogens with one attached hydrogen (secondary N) is 1. The summed E-state index contributed by atoms with van der Waals surface area (Å²) in [7, 11) is 5.59. The lowest BCUT2D eigenvalue weighted by Gasteiger charge is -2.40. The Kier molecular flexibility index (Phi) is 4.76. The van der Waals surface area contributed by atoms with E-state index in [1.54, 1.807) is 14.2 Å². The molecular formula is C16H26N2O2. The van der Waals surface area contributed by atoms with E-state index >= 15 is 0 Å². The summed E-state index contributed by atoms with van der Waals surface area (Å²) in [6, 6.07) is 6.94. The lowest BCUT2D eigenvalue weighted by atomic mass is 9.89. The lowest BCUT2D eigenvalue weighted by molar-refractivity contribution is 0.145. The molecule has 0 amide bonds. The highest BCUT2D eigenvalue weighted by molar-refractivity contribution is 5.60. The molecule has 4 heteroatoms. The summed E-state index contributed by atoms with van der Waals surface area (Å²) < 4.78 is 10.7. The molecule has 20 heavy (non-hydrogen) atoms. The molecule has 1 saturated heterocycles. The number of rotatable bonds is 4. The van der Waals surface area contributed by atoms with E-state index < -0.39 is 0 Å². The van der Waals surface area contributed by atoms with Crippen molar-refractivity contribution >= 4 is 5.69 Å². The van der Waals surface area contributed by atoms with Gasteiger partial charge in [-0.3, -0.25) is 0 Å². The van der Waals surface area contributed by atoms with Gasteiger partial charge < -0.3 is 19.7 Å². The van der Waals surface area contributed by atoms with Crippen molar-refractivity contribution in [3.8, 4) is 11.5 Å². The molecule has 112 valence electrons. The second-order valence-electron chi connectivity index (χ2n) is 5.82. The third-order valence-electron chi connectivity index (χ3n) is 4.36. The number of likely N-dealkylation sites (tertiary alicyclic amines) is 1. The molecule has 0 radical (unpaired) electrons. The molecule has 0 aromatic heterocycles. The molecule has 1 aromatic carbocycles. The van der Waals surface area contributed by atoms with E-state index in [2.05, 4.69) is 31.1 Å². The van der Waals surface area contributed by atoms with Gasteiger partial charge in [0.2, 0.25) is 0 Å². The highest BCUT2D eigenvalue weighted by Gasteiger charge is 2.29. The fraction of sp³-hybridized carbons (Fsp3) is 0.625. The van der Waals surface area contributed by atoms with Gasteiger partial charge in [-0.1, -0.05) is 6.92 Å². The molecule has 1 aromatic rings. The molecular weight excluding hydrogens is 252 g/mol. The maximum Gasteiger partial charge on any atom is 0.142 e. The summed E-state index contributed by atoms with van der Waals surface area (Å²) in [6.07, 6.45) is 1.14. The first kappa shape index (κ1) is 15.0. The van der Waals surface area contributed by atoms with Crippen molar-refractivity contribution in [2.45, 2.75) is 32.4 Å². The Morgan fingerprint density at radius 1 is 1.20 bits per heavy atom. The first-order chi connectivity index (χ1) is 9.55. The zero-order chi connectivity index (χ0) is 14.7. The number of methoxy groups -OCH3 is 2. The van der Waals surface area contributed by atoms with Gasteiger partial charge >= 0.3 is 0 Å². The molecule has 1 heterocycles. The van der Waals surface area contributed by atoms with Crippen molar-refractivity contribution in [1.29, 1.82) is 0 Å². The molecule has 0 spiro atoms. The average molecular weight is 278 g/mol. The third-order valence-corrected chi connectivity index (χ3v) is 4.36. The van der Waals surface area contributed by atoms with Crippen LogP contribution in [-0.2, 0) is 0 Å². The van der Waals surface area contributed by atoms with Gasteiger partial charge in [-0.05, 0) is 38.4 Å². The second kappa shape index (κ2) is 6.35. The molecule has 2 rings (SSSR count). The molecule has 1 aliphatic rings. The molecule has 4 nitrogen and oxygen atoms in total. The molecule has 0 bridgehead atoms. The largest absolute Gasteiger partial charge is 0.497 e. The van der Waals surface area contributed by atoms with Gasteiger partial charge in [-0.25, -0.2) is 0 Å². The normalized spacial score (nSPS) is 27.1. The van der Waals surface area contributed by atoms with Gasteiger partial charge in [0, 0.05) is 24.7 Å². The lowest BCUT2D eigenvalue weighted by Crippen LogP contribution is -2.48. The number of benzene rings is 1. The average Bonchev–Trinajstić information content (AvgIpc) is 2.44. The first-order valence-corrected chi connectivity index (χ1v) is 7.24. The minimum absolute atomic E-state index is 0.460. The van der Waals surface area contributed by atoms with Gasteiger partial charge in [0.15, 0.2) is 0 Å². The van der Waals surface area contributed by atoms with Gasteiger partial charge in [0.25, 0.3) is 0 Å². The number of nitrogens with zero attached hydrogens (tertiary/aromatic N) is 1. The van der Waals surface area contributed by atoms with Crippen molar-refractivity contribution < 1.29 is 9.47 Å². The van der Waals surface area contributed by atoms with E-state index in [9.17, 15) is 0 Å². The van der Waals surface area contributed by atoms with Gasteiger partial charge in [-0.2, -0.15) is 0 Å². The van der Waals surface area contributed by atoms with Crippen LogP contribution in [0.15, 0.2) is 18.2 Å². The number of hydrogen-bond acceptors (Lipinski definition) is 4. The Hall–Kier alpha value is -1.42. The first-order valence-electron chi connectivity index (χ1n) is 7.24. The molecule has 1 aliphatic heterocycles. The van der Waals surface area contributed by atoms with Crippen molar-refractivity contribution in [2.75, 3.05) is 33.1 Å². The fourth-order valence-corrected chi connectivity index (χ4v) is 2.87. The summed E-state index contributed by atoms with van der Waals surface area (Å²) >= 11 is 0. The van der Waals surface area contributed by atoms with E-state index in [0.29, 0.717) is 18.0 Å². The summed E-state index contributed by atoms with van der Waals surface area (Å²) in [6.45, 7) is 5.70. The second-order valence-corrected chi connectivity index (χ2v) is 5.82. The Bertz CT molecular complexity index is 450. The molecule has 0 aliphatic carbocycles. The minimum Gasteiger partial charge on any atom is -0.497 e. The predicted octanol–water partition coefficient (Wildman–Crippen LogP) is 2.84. The Morgan fingerprint density at radius 2 is 1.95 bits per heavy atom. The van der Waals surface area contributed by atoms with Crippen LogP contribution < -0.4 is 14.8 Å². The molecule has 3 atom stereocenters. The maximum absolute atomic E-state index is 5.44. The topological polar surface area (TPSA) is 33.7 Å². The van der Waals surface area contributed by atoms with Crippen molar-refractivity contribution in [2.24, 2.45) is 5.92 Å². The molecule has 3 unspecified atom stereocenters. The molecule has 0 saturated carbocycles. The van der Waals surface area contributed by atoms with Gasteiger partial charge in [0.05, 0.1) is 19.9 Å². The monoisotopic (exact) mass is 278 g/mol. The van der Waals surface area contributed by atoms with Crippen LogP contribution in [0.2, 0.25) is 0 Å². The molecule has 1 N–H and O–H groups in total. The Balaban J connectivity index is 2.16. The Labute approximate surface area is 122 Å². The summed E-state index contributed by atoms with van der Waals surface area (Å²) in [4.78, 5) is 2.42. The van der Waals surface area contributed by atoms with Gasteiger partial charge in [0.1, 0.15) is 11.5 Å². The zero-order valence-electron chi connectivity index (χ0n) is 13.1. The van der Waals surface area contributed by atoms with E-state index in [0.717, 1.165) is 30.2 Å². The maximum atomic E-state index is 5.44. The number of piperidine rings is 1. The van der Waals surface area contributed by atoms with Crippen molar-refractivity contribution in [3.05, 3.63) is 18.2 Å². The van der Waals surface area contributed by atoms with E-state index in [1.165, 1.54) is 0 Å². The van der Waals surface area contributed by atoms with Crippen LogP contribution in [-0.4, -0.2) is 44.8 Å². The van der Waals surface area contributed by atoms with Crippen LogP contribution in [0.1, 0.15) is 20.3 Å². The third kappa shape index (κ3) is 3.18. The van der Waals surface area contributed by atoms with E-state index in [1.807, 2.05) is 18.2 Å². The van der Waals surface area contributed by atoms with Crippen LogP contribution in [0.4, 0.5) is 5.69 Å². The summed E-state index contributed by atoms with van der Waals surface area (Å²) in [5.41, 5.74) is 1.01. The summed E-state index contributed by atoms with van der Waals surface area (Å²) in [5, 5.41) is 3.64. The number of hydrogen-bond donors (Lipinski definition) is 1. The molecule has 1 fully saturated rings. The van der Waals surface area contributed by atoms with Crippen LogP contribution in [0.3, 0.4) is 0 Å². The minimum atomic E-state index is 0.460. The highest BCUT2D eigenvalue weighted by Crippen LogP contribution is 2.32. The van der Waals surface area contributed by atoms with Crippen LogP contribution in [0, 0.1) is 5.92 Å². The van der Waals surface area contributed by atoms with Crippen molar-refractivity contribution in [1.82, 2.24) is 4.90 Å². The van der Waals surface area contributed by atoms with Crippen LogP contribution >= 0.6 is 0 Å². The van der Waals surface area contributed by atoms with Gasteiger partial charge in [-0.15, -0.1) is 0 Å². The zero-order valence-corrected chi connectivity index (χ0v) is 13.1. The van der Waals surface area contributed by atoms with E-state index in [-0.39, 0.29) is 0 Å². The smallest absolute Gasteiger partial charge is 0.142 e. The quantitative estimate of drug-likeness (QED) is 0.918. The van der Waals surface area contributed by atoms with Crippen LogP contribution in [0.5, 0.6) is 11.5 Å². The fourth-order valence-electron chi connectivity index (χ4n) is 2.87.